The zero-order valence-corrected chi connectivity index (χ0v) is 15.0. The van der Waals surface area contributed by atoms with Crippen LogP contribution in [0.15, 0.2) is 52.1 Å². The van der Waals surface area contributed by atoms with E-state index in [9.17, 15) is 0 Å². The Morgan fingerprint density at radius 3 is 2.46 bits per heavy atom. The van der Waals surface area contributed by atoms with E-state index < -0.39 is 0 Å². The van der Waals surface area contributed by atoms with Crippen LogP contribution in [0, 0.1) is 13.8 Å². The van der Waals surface area contributed by atoms with Crippen molar-refractivity contribution in [2.45, 2.75) is 31.4 Å². The Balaban J connectivity index is 1.54. The van der Waals surface area contributed by atoms with Crippen molar-refractivity contribution in [2.75, 3.05) is 0 Å². The number of halogens is 1. The molecule has 0 aliphatic carbocycles. The summed E-state index contributed by atoms with van der Waals surface area (Å²) in [5, 5.41) is 9.32. The molecular formula is C18H17ClN2O2S. The fourth-order valence-electron chi connectivity index (χ4n) is 2.24. The van der Waals surface area contributed by atoms with Crippen LogP contribution in [0.1, 0.15) is 22.6 Å². The minimum Gasteiger partial charge on any atom is -0.484 e. The van der Waals surface area contributed by atoms with Crippen molar-refractivity contribution in [3.8, 4) is 5.75 Å². The summed E-state index contributed by atoms with van der Waals surface area (Å²) in [4.78, 5) is 0. The maximum absolute atomic E-state index is 5.88. The highest BCUT2D eigenvalue weighted by atomic mass is 35.5. The second-order valence-electron chi connectivity index (χ2n) is 5.49. The number of ether oxygens (including phenoxy) is 1. The Labute approximate surface area is 150 Å². The van der Waals surface area contributed by atoms with E-state index in [0.717, 1.165) is 33.2 Å². The predicted octanol–water partition coefficient (Wildman–Crippen LogP) is 5.21. The minimum atomic E-state index is 0.261. The molecule has 1 aromatic heterocycles. The average Bonchev–Trinajstić information content (AvgIpc) is 2.99. The van der Waals surface area contributed by atoms with Gasteiger partial charge in [0.05, 0.1) is 0 Å². The first-order valence-corrected chi connectivity index (χ1v) is 8.85. The Hall–Kier alpha value is -1.98. The highest BCUT2D eigenvalue weighted by molar-refractivity contribution is 7.98. The molecule has 0 aliphatic heterocycles. The highest BCUT2D eigenvalue weighted by Gasteiger charge is 2.08. The number of benzene rings is 2. The van der Waals surface area contributed by atoms with E-state index >= 15 is 0 Å². The first-order valence-electron chi connectivity index (χ1n) is 7.49. The third kappa shape index (κ3) is 4.76. The molecule has 0 aliphatic rings. The van der Waals surface area contributed by atoms with Gasteiger partial charge in [0.2, 0.25) is 0 Å². The largest absolute Gasteiger partial charge is 0.484 e. The highest BCUT2D eigenvalue weighted by Crippen LogP contribution is 2.23. The lowest BCUT2D eigenvalue weighted by atomic mass is 10.1. The lowest BCUT2D eigenvalue weighted by Crippen LogP contribution is -1.96. The summed E-state index contributed by atoms with van der Waals surface area (Å²) < 4.78 is 11.3. The van der Waals surface area contributed by atoms with Gasteiger partial charge in [-0.1, -0.05) is 41.6 Å². The molecule has 0 fully saturated rings. The van der Waals surface area contributed by atoms with Gasteiger partial charge in [-0.15, -0.1) is 10.2 Å². The summed E-state index contributed by atoms with van der Waals surface area (Å²) in [6.07, 6.45) is 0. The van der Waals surface area contributed by atoms with Crippen molar-refractivity contribution in [3.05, 3.63) is 70.1 Å². The molecule has 0 N–H and O–H groups in total. The van der Waals surface area contributed by atoms with Crippen molar-refractivity contribution >= 4 is 23.4 Å². The number of hydrogen-bond acceptors (Lipinski definition) is 5. The van der Waals surface area contributed by atoms with Crippen LogP contribution in [0.5, 0.6) is 5.75 Å². The van der Waals surface area contributed by atoms with E-state index in [1.165, 1.54) is 11.8 Å². The summed E-state index contributed by atoms with van der Waals surface area (Å²) in [5.74, 6) is 2.02. The van der Waals surface area contributed by atoms with Gasteiger partial charge in [0.1, 0.15) is 5.75 Å². The van der Waals surface area contributed by atoms with Crippen LogP contribution in [-0.2, 0) is 12.4 Å². The summed E-state index contributed by atoms with van der Waals surface area (Å²) in [7, 11) is 0. The topological polar surface area (TPSA) is 48.2 Å². The van der Waals surface area contributed by atoms with Gasteiger partial charge in [-0.25, -0.2) is 0 Å². The Morgan fingerprint density at radius 2 is 1.75 bits per heavy atom. The summed E-state index contributed by atoms with van der Waals surface area (Å²) >= 11 is 7.36. The van der Waals surface area contributed by atoms with Crippen molar-refractivity contribution in [1.82, 2.24) is 10.2 Å². The first-order chi connectivity index (χ1) is 11.6. The smallest absolute Gasteiger partial charge is 0.277 e. The van der Waals surface area contributed by atoms with Crippen LogP contribution >= 0.6 is 23.4 Å². The fourth-order valence-corrected chi connectivity index (χ4v) is 3.10. The monoisotopic (exact) mass is 360 g/mol. The zero-order valence-electron chi connectivity index (χ0n) is 13.5. The van der Waals surface area contributed by atoms with E-state index in [2.05, 4.69) is 16.3 Å². The SMILES string of the molecule is Cc1cc(C)cc(OCc2nnc(SCc3ccc(Cl)cc3)o2)c1. The standard InChI is InChI=1S/C18H17ClN2O2S/c1-12-7-13(2)9-16(8-12)22-10-17-20-21-18(23-17)24-11-14-3-5-15(19)6-4-14/h3-9H,10-11H2,1-2H3. The Bertz CT molecular complexity index is 798. The van der Waals surface area contributed by atoms with Gasteiger partial charge in [0.25, 0.3) is 11.1 Å². The molecule has 124 valence electrons. The van der Waals surface area contributed by atoms with Gasteiger partial charge in [0, 0.05) is 10.8 Å². The Kier molecular flexibility index (Phi) is 5.43. The predicted molar refractivity (Wildman–Crippen MR) is 95.6 cm³/mol. The molecule has 0 atom stereocenters. The van der Waals surface area contributed by atoms with Crippen molar-refractivity contribution in [2.24, 2.45) is 0 Å². The second-order valence-corrected chi connectivity index (χ2v) is 6.85. The van der Waals surface area contributed by atoms with E-state index in [-0.39, 0.29) is 6.61 Å². The van der Waals surface area contributed by atoms with Gasteiger partial charge in [-0.2, -0.15) is 0 Å². The van der Waals surface area contributed by atoms with Crippen LogP contribution in [0.25, 0.3) is 0 Å². The zero-order chi connectivity index (χ0) is 16.9. The third-order valence-corrected chi connectivity index (χ3v) is 4.42. The quantitative estimate of drug-likeness (QED) is 0.564. The van der Waals surface area contributed by atoms with Gasteiger partial charge in [0.15, 0.2) is 6.61 Å². The van der Waals surface area contributed by atoms with Gasteiger partial charge >= 0.3 is 0 Å². The molecule has 0 saturated carbocycles. The van der Waals surface area contributed by atoms with E-state index in [0.29, 0.717) is 11.1 Å². The van der Waals surface area contributed by atoms with E-state index in [1.54, 1.807) is 0 Å². The lowest BCUT2D eigenvalue weighted by molar-refractivity contribution is 0.252. The number of rotatable bonds is 6. The molecule has 4 nitrogen and oxygen atoms in total. The molecule has 0 saturated heterocycles. The molecule has 0 unspecified atom stereocenters. The number of hydrogen-bond donors (Lipinski definition) is 0. The molecule has 0 amide bonds. The second kappa shape index (κ2) is 7.73. The van der Waals surface area contributed by atoms with Crippen molar-refractivity contribution < 1.29 is 9.15 Å². The van der Waals surface area contributed by atoms with Crippen LogP contribution in [0.2, 0.25) is 5.02 Å². The minimum absolute atomic E-state index is 0.261. The van der Waals surface area contributed by atoms with Crippen LogP contribution in [0.4, 0.5) is 0 Å². The molecule has 24 heavy (non-hydrogen) atoms. The van der Waals surface area contributed by atoms with Crippen LogP contribution < -0.4 is 4.74 Å². The Morgan fingerprint density at radius 1 is 1.04 bits per heavy atom. The van der Waals surface area contributed by atoms with E-state index in [4.69, 9.17) is 20.8 Å². The lowest BCUT2D eigenvalue weighted by Gasteiger charge is -2.05. The maximum Gasteiger partial charge on any atom is 0.277 e. The molecule has 2 aromatic carbocycles. The normalized spacial score (nSPS) is 10.8. The van der Waals surface area contributed by atoms with Gasteiger partial charge < -0.3 is 9.15 Å². The van der Waals surface area contributed by atoms with Gasteiger partial charge in [-0.3, -0.25) is 0 Å². The van der Waals surface area contributed by atoms with Crippen molar-refractivity contribution in [3.63, 3.8) is 0 Å². The molecule has 1 heterocycles. The molecule has 0 radical (unpaired) electrons. The maximum atomic E-state index is 5.88. The molecule has 3 rings (SSSR count). The first kappa shape index (κ1) is 16.9. The number of thioether (sulfide) groups is 1. The molecule has 3 aromatic rings. The summed E-state index contributed by atoms with van der Waals surface area (Å²) in [6.45, 7) is 4.34. The molecule has 6 heteroatoms. The third-order valence-electron chi connectivity index (χ3n) is 3.28. The number of aromatic nitrogens is 2. The average molecular weight is 361 g/mol. The summed E-state index contributed by atoms with van der Waals surface area (Å²) in [6, 6.07) is 13.8. The van der Waals surface area contributed by atoms with Crippen LogP contribution in [0.3, 0.4) is 0 Å². The van der Waals surface area contributed by atoms with E-state index in [1.807, 2.05) is 50.2 Å². The number of aryl methyl sites for hydroxylation is 2. The fraction of sp³-hybridized carbons (Fsp3) is 0.222. The van der Waals surface area contributed by atoms with Crippen molar-refractivity contribution in [1.29, 1.82) is 0 Å². The summed E-state index contributed by atoms with van der Waals surface area (Å²) in [5.41, 5.74) is 3.47. The van der Waals surface area contributed by atoms with Crippen LogP contribution in [-0.4, -0.2) is 10.2 Å². The molecular weight excluding hydrogens is 344 g/mol. The molecule has 0 bridgehead atoms. The number of nitrogens with zero attached hydrogens (tertiary/aromatic N) is 2. The molecule has 0 spiro atoms. The van der Waals surface area contributed by atoms with Gasteiger partial charge in [-0.05, 0) is 54.8 Å².